The van der Waals surface area contributed by atoms with Crippen molar-refractivity contribution in [1.82, 2.24) is 0 Å². The highest BCUT2D eigenvalue weighted by Crippen LogP contribution is 2.29. The monoisotopic (exact) mass is 449 g/mol. The first-order valence-electron chi connectivity index (χ1n) is 9.17. The summed E-state index contributed by atoms with van der Waals surface area (Å²) in [5.41, 5.74) is -0.0591. The van der Waals surface area contributed by atoms with Gasteiger partial charge >= 0.3 is 5.97 Å². The summed E-state index contributed by atoms with van der Waals surface area (Å²) in [7, 11) is 0. The number of nitro groups is 1. The van der Waals surface area contributed by atoms with Gasteiger partial charge in [-0.1, -0.05) is 23.7 Å². The molecule has 0 radical (unpaired) electrons. The molecule has 0 bridgehead atoms. The van der Waals surface area contributed by atoms with Gasteiger partial charge in [0.2, 0.25) is 5.91 Å². The van der Waals surface area contributed by atoms with E-state index in [1.54, 1.807) is 6.07 Å². The number of amides is 2. The summed E-state index contributed by atoms with van der Waals surface area (Å²) in [6.07, 6.45) is -1.40. The van der Waals surface area contributed by atoms with Gasteiger partial charge in [-0.05, 0) is 25.1 Å². The minimum absolute atomic E-state index is 0.0528. The Kier molecular flexibility index (Phi) is 6.50. The van der Waals surface area contributed by atoms with Gasteiger partial charge in [0.15, 0.2) is 6.10 Å². The fraction of sp³-hybridized carbons (Fsp3) is 0.250. The van der Waals surface area contributed by atoms with Gasteiger partial charge in [-0.2, -0.15) is 0 Å². The molecule has 1 aliphatic rings. The molecule has 2 atom stereocenters. The zero-order valence-corrected chi connectivity index (χ0v) is 17.0. The van der Waals surface area contributed by atoms with Crippen molar-refractivity contribution in [2.45, 2.75) is 19.4 Å². The molecule has 2 unspecified atom stereocenters. The van der Waals surface area contributed by atoms with Crippen LogP contribution in [0, 0.1) is 21.8 Å². The predicted molar refractivity (Wildman–Crippen MR) is 109 cm³/mol. The molecule has 0 spiro atoms. The summed E-state index contributed by atoms with van der Waals surface area (Å²) in [5, 5.41) is 13.1. The molecule has 2 aromatic carbocycles. The van der Waals surface area contributed by atoms with Gasteiger partial charge in [0.05, 0.1) is 27.2 Å². The molecule has 11 heteroatoms. The van der Waals surface area contributed by atoms with Crippen LogP contribution in [0.15, 0.2) is 42.5 Å². The zero-order chi connectivity index (χ0) is 22.7. The molecule has 0 aliphatic carbocycles. The Bertz CT molecular complexity index is 1060. The highest BCUT2D eigenvalue weighted by molar-refractivity contribution is 6.34. The summed E-state index contributed by atoms with van der Waals surface area (Å²) >= 11 is 5.93. The van der Waals surface area contributed by atoms with Crippen LogP contribution in [0.1, 0.15) is 13.3 Å². The number of ether oxygens (including phenoxy) is 1. The lowest BCUT2D eigenvalue weighted by molar-refractivity contribution is -0.384. The van der Waals surface area contributed by atoms with Crippen LogP contribution in [0.5, 0.6) is 0 Å². The summed E-state index contributed by atoms with van der Waals surface area (Å²) in [6, 6.07) is 9.22. The number of hydrogen-bond acceptors (Lipinski definition) is 6. The number of carbonyl (C=O) groups excluding carboxylic acids is 3. The van der Waals surface area contributed by atoms with E-state index in [0.717, 1.165) is 6.07 Å². The molecule has 9 nitrogen and oxygen atoms in total. The van der Waals surface area contributed by atoms with Crippen molar-refractivity contribution in [3.8, 4) is 0 Å². The molecule has 0 aromatic heterocycles. The first kappa shape index (κ1) is 22.2. The summed E-state index contributed by atoms with van der Waals surface area (Å²) < 4.78 is 19.1. The molecule has 2 aromatic rings. The Labute approximate surface area is 180 Å². The van der Waals surface area contributed by atoms with Crippen LogP contribution in [0.25, 0.3) is 0 Å². The average Bonchev–Trinajstić information content (AvgIpc) is 3.11. The number of nitrogens with one attached hydrogen (secondary N) is 1. The van der Waals surface area contributed by atoms with Gasteiger partial charge in [0, 0.05) is 25.1 Å². The van der Waals surface area contributed by atoms with E-state index in [1.807, 2.05) is 0 Å². The third-order valence-corrected chi connectivity index (χ3v) is 5.00. The highest BCUT2D eigenvalue weighted by Gasteiger charge is 2.38. The second kappa shape index (κ2) is 9.09. The van der Waals surface area contributed by atoms with E-state index in [9.17, 15) is 28.9 Å². The summed E-state index contributed by atoms with van der Waals surface area (Å²) in [6.45, 7) is 1.26. The number of nitro benzene ring substituents is 1. The lowest BCUT2D eigenvalue weighted by Gasteiger charge is -2.18. The second-order valence-corrected chi connectivity index (χ2v) is 7.25. The lowest BCUT2D eigenvalue weighted by atomic mass is 10.1. The summed E-state index contributed by atoms with van der Waals surface area (Å²) in [5.74, 6) is -3.35. The van der Waals surface area contributed by atoms with Crippen LogP contribution in [0.2, 0.25) is 5.02 Å². The Hall–Kier alpha value is -3.53. The standard InChI is InChI=1S/C20H17ClFN3O6/c1-11(19(27)23-16-7-6-13(25(29)30)9-14(16)21)31-20(28)12-8-18(26)24(10-12)17-5-3-2-4-15(17)22/h2-7,9,11-12H,8,10H2,1H3,(H,23,27). The SMILES string of the molecule is CC(OC(=O)C1CC(=O)N(c2ccccc2F)C1)C(=O)Nc1ccc([N+](=O)[O-])cc1Cl. The van der Waals surface area contributed by atoms with E-state index in [2.05, 4.69) is 5.32 Å². The van der Waals surface area contributed by atoms with Crippen LogP contribution in [-0.2, 0) is 19.1 Å². The number of halogens is 2. The number of para-hydroxylation sites is 1. The number of anilines is 2. The van der Waals surface area contributed by atoms with E-state index in [-0.39, 0.29) is 35.1 Å². The smallest absolute Gasteiger partial charge is 0.312 e. The van der Waals surface area contributed by atoms with E-state index in [1.165, 1.54) is 42.2 Å². The molecule has 0 saturated carbocycles. The largest absolute Gasteiger partial charge is 0.452 e. The molecule has 31 heavy (non-hydrogen) atoms. The number of benzene rings is 2. The van der Waals surface area contributed by atoms with Crippen LogP contribution >= 0.6 is 11.6 Å². The van der Waals surface area contributed by atoms with Crippen LogP contribution in [0.4, 0.5) is 21.5 Å². The number of rotatable bonds is 6. The maximum Gasteiger partial charge on any atom is 0.312 e. The van der Waals surface area contributed by atoms with E-state index in [0.29, 0.717) is 0 Å². The van der Waals surface area contributed by atoms with Crippen molar-refractivity contribution in [2.75, 3.05) is 16.8 Å². The minimum atomic E-state index is -1.23. The third-order valence-electron chi connectivity index (χ3n) is 4.69. The van der Waals surface area contributed by atoms with Crippen LogP contribution < -0.4 is 10.2 Å². The van der Waals surface area contributed by atoms with Crippen molar-refractivity contribution >= 4 is 46.4 Å². The molecule has 1 heterocycles. The Balaban J connectivity index is 1.60. The van der Waals surface area contributed by atoms with E-state index >= 15 is 0 Å². The second-order valence-electron chi connectivity index (χ2n) is 6.85. The Morgan fingerprint density at radius 3 is 2.68 bits per heavy atom. The molecule has 3 rings (SSSR count). The van der Waals surface area contributed by atoms with E-state index in [4.69, 9.17) is 16.3 Å². The molecule has 1 fully saturated rings. The molecule has 2 amide bonds. The van der Waals surface area contributed by atoms with Gasteiger partial charge in [0.25, 0.3) is 11.6 Å². The summed E-state index contributed by atoms with van der Waals surface area (Å²) in [4.78, 5) is 48.3. The normalized spacial score (nSPS) is 16.7. The van der Waals surface area contributed by atoms with Gasteiger partial charge in [-0.15, -0.1) is 0 Å². The van der Waals surface area contributed by atoms with Gasteiger partial charge in [-0.25, -0.2) is 4.39 Å². The van der Waals surface area contributed by atoms with Crippen molar-refractivity contribution < 1.29 is 28.4 Å². The zero-order valence-electron chi connectivity index (χ0n) is 16.2. The van der Waals surface area contributed by atoms with Crippen molar-refractivity contribution in [1.29, 1.82) is 0 Å². The molecule has 162 valence electrons. The van der Waals surface area contributed by atoms with Crippen molar-refractivity contribution in [3.63, 3.8) is 0 Å². The number of non-ortho nitro benzene ring substituents is 1. The van der Waals surface area contributed by atoms with Crippen LogP contribution in [0.3, 0.4) is 0 Å². The number of nitrogens with zero attached hydrogens (tertiary/aromatic N) is 2. The van der Waals surface area contributed by atoms with Crippen molar-refractivity contribution in [2.24, 2.45) is 5.92 Å². The number of esters is 1. The Morgan fingerprint density at radius 2 is 2.03 bits per heavy atom. The van der Waals surface area contributed by atoms with Crippen LogP contribution in [-0.4, -0.2) is 35.4 Å². The molecule has 1 N–H and O–H groups in total. The first-order chi connectivity index (χ1) is 14.7. The molecule has 1 aliphatic heterocycles. The molecule has 1 saturated heterocycles. The first-order valence-corrected chi connectivity index (χ1v) is 9.55. The average molecular weight is 450 g/mol. The Morgan fingerprint density at radius 1 is 1.32 bits per heavy atom. The molecular weight excluding hydrogens is 433 g/mol. The third kappa shape index (κ3) is 4.97. The molecular formula is C20H17ClFN3O6. The van der Waals surface area contributed by atoms with Crippen molar-refractivity contribution in [3.05, 3.63) is 63.4 Å². The predicted octanol–water partition coefficient (Wildman–Crippen LogP) is 3.31. The quantitative estimate of drug-likeness (QED) is 0.410. The number of carbonyl (C=O) groups is 3. The number of hydrogen-bond donors (Lipinski definition) is 1. The van der Waals surface area contributed by atoms with E-state index < -0.39 is 40.5 Å². The fourth-order valence-corrected chi connectivity index (χ4v) is 3.27. The lowest BCUT2D eigenvalue weighted by Crippen LogP contribution is -2.33. The highest BCUT2D eigenvalue weighted by atomic mass is 35.5. The minimum Gasteiger partial charge on any atom is -0.452 e. The van der Waals surface area contributed by atoms with Gasteiger partial charge in [0.1, 0.15) is 5.82 Å². The topological polar surface area (TPSA) is 119 Å². The van der Waals surface area contributed by atoms with Gasteiger partial charge < -0.3 is 15.0 Å². The maximum absolute atomic E-state index is 14.0. The fourth-order valence-electron chi connectivity index (χ4n) is 3.05. The van der Waals surface area contributed by atoms with Gasteiger partial charge in [-0.3, -0.25) is 24.5 Å². The maximum atomic E-state index is 14.0.